The van der Waals surface area contributed by atoms with Crippen molar-refractivity contribution in [2.45, 2.75) is 56.9 Å². The van der Waals surface area contributed by atoms with Crippen LogP contribution in [-0.2, 0) is 0 Å². The Balaban J connectivity index is 2.18. The highest BCUT2D eigenvalue weighted by Crippen LogP contribution is 2.28. The molecule has 1 aliphatic rings. The summed E-state index contributed by atoms with van der Waals surface area (Å²) in [6.45, 7) is 4.02. The lowest BCUT2D eigenvalue weighted by Crippen LogP contribution is -2.37. The van der Waals surface area contributed by atoms with Crippen LogP contribution in [0.4, 0.5) is 5.82 Å². The fourth-order valence-electron chi connectivity index (χ4n) is 2.65. The van der Waals surface area contributed by atoms with E-state index in [9.17, 15) is 4.79 Å². The van der Waals surface area contributed by atoms with Gasteiger partial charge in [0.15, 0.2) is 5.82 Å². The number of rotatable bonds is 4. The minimum atomic E-state index is -0.0112. The third kappa shape index (κ3) is 3.32. The summed E-state index contributed by atoms with van der Waals surface area (Å²) >= 11 is 1.89. The summed E-state index contributed by atoms with van der Waals surface area (Å²) in [6, 6.07) is 0.533. The van der Waals surface area contributed by atoms with Gasteiger partial charge < -0.3 is 9.88 Å². The van der Waals surface area contributed by atoms with E-state index in [4.69, 9.17) is 0 Å². The Morgan fingerprint density at radius 1 is 1.42 bits per heavy atom. The fraction of sp³-hybridized carbons (Fsp3) is 0.714. The zero-order chi connectivity index (χ0) is 13.8. The number of nitrogens with one attached hydrogen (secondary N) is 1. The maximum Gasteiger partial charge on any atom is 0.293 e. The van der Waals surface area contributed by atoms with Crippen LogP contribution in [0.15, 0.2) is 17.2 Å². The van der Waals surface area contributed by atoms with Crippen molar-refractivity contribution in [3.05, 3.63) is 22.7 Å². The van der Waals surface area contributed by atoms with Gasteiger partial charge in [-0.05, 0) is 32.9 Å². The molecule has 1 saturated carbocycles. The van der Waals surface area contributed by atoms with Crippen LogP contribution in [0.3, 0.4) is 0 Å². The molecule has 106 valence electrons. The largest absolute Gasteiger partial charge is 0.362 e. The maximum atomic E-state index is 12.3. The van der Waals surface area contributed by atoms with Gasteiger partial charge in [-0.1, -0.05) is 12.8 Å². The molecule has 0 saturated heterocycles. The summed E-state index contributed by atoms with van der Waals surface area (Å²) in [4.78, 5) is 16.5. The number of hydrogen-bond donors (Lipinski definition) is 1. The third-order valence-corrected chi connectivity index (χ3v) is 4.92. The van der Waals surface area contributed by atoms with Crippen molar-refractivity contribution in [2.24, 2.45) is 0 Å². The van der Waals surface area contributed by atoms with Crippen LogP contribution in [0.2, 0.25) is 0 Å². The highest BCUT2D eigenvalue weighted by Gasteiger charge is 2.25. The molecule has 1 aromatic rings. The predicted octanol–water partition coefficient (Wildman–Crippen LogP) is 2.91. The van der Waals surface area contributed by atoms with E-state index < -0.39 is 0 Å². The first-order valence-corrected chi connectivity index (χ1v) is 8.28. The molecular weight excluding hydrogens is 258 g/mol. The van der Waals surface area contributed by atoms with Crippen LogP contribution >= 0.6 is 11.8 Å². The van der Waals surface area contributed by atoms with Crippen molar-refractivity contribution in [2.75, 3.05) is 11.6 Å². The van der Waals surface area contributed by atoms with Crippen molar-refractivity contribution >= 4 is 17.6 Å². The molecule has 0 radical (unpaired) electrons. The van der Waals surface area contributed by atoms with E-state index in [1.807, 2.05) is 25.6 Å². The molecule has 1 fully saturated rings. The molecule has 0 amide bonds. The molecule has 0 bridgehead atoms. The highest BCUT2D eigenvalue weighted by molar-refractivity contribution is 7.99. The van der Waals surface area contributed by atoms with E-state index in [-0.39, 0.29) is 11.6 Å². The maximum absolute atomic E-state index is 12.3. The number of hydrogen-bond acceptors (Lipinski definition) is 4. The van der Waals surface area contributed by atoms with Gasteiger partial charge in [-0.15, -0.1) is 0 Å². The fourth-order valence-corrected chi connectivity index (χ4v) is 3.59. The van der Waals surface area contributed by atoms with E-state index in [0.29, 0.717) is 17.1 Å². The molecule has 2 rings (SSSR count). The van der Waals surface area contributed by atoms with Gasteiger partial charge in [0.05, 0.1) is 0 Å². The average molecular weight is 281 g/mol. The van der Waals surface area contributed by atoms with E-state index in [1.54, 1.807) is 17.0 Å². The molecule has 2 unspecified atom stereocenters. The molecule has 1 aliphatic carbocycles. The second-order valence-corrected chi connectivity index (χ2v) is 6.47. The van der Waals surface area contributed by atoms with Gasteiger partial charge in [-0.2, -0.15) is 11.8 Å². The summed E-state index contributed by atoms with van der Waals surface area (Å²) < 4.78 is 1.73. The number of thioether (sulfide) groups is 1. The lowest BCUT2D eigenvalue weighted by atomic mass is 9.95. The first-order chi connectivity index (χ1) is 9.13. The van der Waals surface area contributed by atoms with Gasteiger partial charge in [0.2, 0.25) is 0 Å². The van der Waals surface area contributed by atoms with Gasteiger partial charge in [0.25, 0.3) is 5.56 Å². The van der Waals surface area contributed by atoms with E-state index >= 15 is 0 Å². The Morgan fingerprint density at radius 2 is 2.16 bits per heavy atom. The monoisotopic (exact) mass is 281 g/mol. The third-order valence-electron chi connectivity index (χ3n) is 3.75. The molecule has 1 aromatic heterocycles. The van der Waals surface area contributed by atoms with Crippen LogP contribution < -0.4 is 10.9 Å². The minimum absolute atomic E-state index is 0.0112. The summed E-state index contributed by atoms with van der Waals surface area (Å²) in [5.41, 5.74) is -0.0112. The van der Waals surface area contributed by atoms with Crippen molar-refractivity contribution < 1.29 is 0 Å². The molecule has 0 aliphatic heterocycles. The molecule has 19 heavy (non-hydrogen) atoms. The van der Waals surface area contributed by atoms with Gasteiger partial charge >= 0.3 is 0 Å². The molecule has 0 spiro atoms. The van der Waals surface area contributed by atoms with E-state index in [0.717, 1.165) is 6.42 Å². The van der Waals surface area contributed by atoms with Gasteiger partial charge in [-0.3, -0.25) is 4.79 Å². The van der Waals surface area contributed by atoms with Crippen LogP contribution in [0.1, 0.15) is 45.6 Å². The quantitative estimate of drug-likeness (QED) is 0.922. The molecule has 0 aromatic carbocycles. The van der Waals surface area contributed by atoms with E-state index in [2.05, 4.69) is 16.6 Å². The second-order valence-electron chi connectivity index (χ2n) is 5.39. The topological polar surface area (TPSA) is 46.9 Å². The molecule has 1 N–H and O–H groups in total. The van der Waals surface area contributed by atoms with Crippen molar-refractivity contribution in [3.8, 4) is 0 Å². The Bertz CT molecular complexity index is 472. The minimum Gasteiger partial charge on any atom is -0.362 e. The van der Waals surface area contributed by atoms with Crippen LogP contribution in [0, 0.1) is 0 Å². The second kappa shape index (κ2) is 6.46. The molecule has 2 atom stereocenters. The van der Waals surface area contributed by atoms with Crippen molar-refractivity contribution in [1.82, 2.24) is 9.55 Å². The van der Waals surface area contributed by atoms with E-state index in [1.165, 1.54) is 19.3 Å². The lowest BCUT2D eigenvalue weighted by molar-refractivity contribution is 0.472. The Kier molecular flexibility index (Phi) is 4.91. The molecule has 1 heterocycles. The summed E-state index contributed by atoms with van der Waals surface area (Å²) in [6.07, 6.45) is 10.5. The smallest absolute Gasteiger partial charge is 0.293 e. The summed E-state index contributed by atoms with van der Waals surface area (Å²) in [5, 5.41) is 3.97. The normalized spacial score (nSPS) is 23.6. The molecule has 5 heteroatoms. The highest BCUT2D eigenvalue weighted by atomic mass is 32.2. The SMILES string of the molecule is CSC1CCCCC1Nc1nccn(C(C)C)c1=O. The first kappa shape index (κ1) is 14.4. The van der Waals surface area contributed by atoms with Crippen LogP contribution in [-0.4, -0.2) is 27.1 Å². The zero-order valence-corrected chi connectivity index (χ0v) is 12.7. The van der Waals surface area contributed by atoms with Crippen molar-refractivity contribution in [1.29, 1.82) is 0 Å². The Morgan fingerprint density at radius 3 is 2.84 bits per heavy atom. The standard InChI is InChI=1S/C14H23N3OS/c1-10(2)17-9-8-15-13(14(17)18)16-11-6-4-5-7-12(11)19-3/h8-12H,4-7H2,1-3H3,(H,15,16). The summed E-state index contributed by atoms with van der Waals surface area (Å²) in [5.74, 6) is 0.502. The summed E-state index contributed by atoms with van der Waals surface area (Å²) in [7, 11) is 0. The van der Waals surface area contributed by atoms with Gasteiger partial charge in [0.1, 0.15) is 0 Å². The molecular formula is C14H23N3OS. The van der Waals surface area contributed by atoms with Gasteiger partial charge in [0, 0.05) is 29.7 Å². The predicted molar refractivity (Wildman–Crippen MR) is 82.1 cm³/mol. The Labute approximate surface area is 119 Å². The van der Waals surface area contributed by atoms with Crippen molar-refractivity contribution in [3.63, 3.8) is 0 Å². The zero-order valence-electron chi connectivity index (χ0n) is 11.9. The number of nitrogens with zero attached hydrogens (tertiary/aromatic N) is 2. The van der Waals surface area contributed by atoms with Gasteiger partial charge in [-0.25, -0.2) is 4.98 Å². The molecule has 4 nitrogen and oxygen atoms in total. The lowest BCUT2D eigenvalue weighted by Gasteiger charge is -2.31. The average Bonchev–Trinajstić information content (AvgIpc) is 2.41. The van der Waals surface area contributed by atoms with Crippen LogP contribution in [0.25, 0.3) is 0 Å². The Hall–Kier alpha value is -0.970. The number of aromatic nitrogens is 2. The number of anilines is 1. The first-order valence-electron chi connectivity index (χ1n) is 7.00. The van der Waals surface area contributed by atoms with Crippen LogP contribution in [0.5, 0.6) is 0 Å².